The van der Waals surface area contributed by atoms with Gasteiger partial charge >= 0.3 is 0 Å². The largest absolute Gasteiger partial charge is 0.489 e. The summed E-state index contributed by atoms with van der Waals surface area (Å²) in [5, 5.41) is 9.76. The standard InChI is InChI=1S/C14H16ClN3O2/c1-8(2)20-13-5-4-10(6-12(13)15)17-14(19)11-7-16-18-9(11)3/h4-8H,1-3H3,(H,16,18)(H,17,19). The van der Waals surface area contributed by atoms with Gasteiger partial charge in [-0.05, 0) is 39.0 Å². The molecule has 106 valence electrons. The highest BCUT2D eigenvalue weighted by atomic mass is 35.5. The van der Waals surface area contributed by atoms with Crippen LogP contribution in [0.5, 0.6) is 5.75 Å². The van der Waals surface area contributed by atoms with Crippen molar-refractivity contribution in [2.75, 3.05) is 5.32 Å². The Balaban J connectivity index is 2.13. The van der Waals surface area contributed by atoms with Crippen molar-refractivity contribution in [1.82, 2.24) is 10.2 Å². The molecule has 0 bridgehead atoms. The summed E-state index contributed by atoms with van der Waals surface area (Å²) in [7, 11) is 0. The van der Waals surface area contributed by atoms with E-state index < -0.39 is 0 Å². The molecule has 0 aliphatic carbocycles. The number of carbonyl (C=O) groups excluding carboxylic acids is 1. The van der Waals surface area contributed by atoms with E-state index in [9.17, 15) is 4.79 Å². The van der Waals surface area contributed by atoms with E-state index in [-0.39, 0.29) is 12.0 Å². The van der Waals surface area contributed by atoms with Crippen LogP contribution in [0, 0.1) is 6.92 Å². The molecular formula is C14H16ClN3O2. The van der Waals surface area contributed by atoms with Gasteiger partial charge in [0.2, 0.25) is 0 Å². The molecule has 2 aromatic rings. The zero-order chi connectivity index (χ0) is 14.7. The van der Waals surface area contributed by atoms with Gasteiger partial charge in [0.15, 0.2) is 0 Å². The second kappa shape index (κ2) is 5.96. The maximum absolute atomic E-state index is 12.0. The highest BCUT2D eigenvalue weighted by Gasteiger charge is 2.12. The quantitative estimate of drug-likeness (QED) is 0.908. The van der Waals surface area contributed by atoms with Gasteiger partial charge in [-0.25, -0.2) is 0 Å². The van der Waals surface area contributed by atoms with Crippen LogP contribution in [0.2, 0.25) is 5.02 Å². The van der Waals surface area contributed by atoms with Gasteiger partial charge in [-0.1, -0.05) is 11.6 Å². The Hall–Kier alpha value is -2.01. The van der Waals surface area contributed by atoms with E-state index in [1.807, 2.05) is 13.8 Å². The number of amides is 1. The number of aromatic amines is 1. The molecule has 0 aliphatic rings. The van der Waals surface area contributed by atoms with E-state index in [1.165, 1.54) is 6.20 Å². The van der Waals surface area contributed by atoms with Gasteiger partial charge in [0.05, 0.1) is 22.9 Å². The zero-order valence-corrected chi connectivity index (χ0v) is 12.3. The first kappa shape index (κ1) is 14.4. The van der Waals surface area contributed by atoms with Crippen LogP contribution in [0.4, 0.5) is 5.69 Å². The molecule has 0 saturated carbocycles. The number of carbonyl (C=O) groups is 1. The molecule has 1 heterocycles. The van der Waals surface area contributed by atoms with E-state index in [0.29, 0.717) is 27.7 Å². The molecular weight excluding hydrogens is 278 g/mol. The minimum Gasteiger partial charge on any atom is -0.489 e. The number of halogens is 1. The number of H-pyrrole nitrogens is 1. The summed E-state index contributed by atoms with van der Waals surface area (Å²) in [6, 6.07) is 5.14. The molecule has 1 aromatic heterocycles. The molecule has 0 atom stereocenters. The second-order valence-electron chi connectivity index (χ2n) is 4.67. The molecule has 0 spiro atoms. The minimum absolute atomic E-state index is 0.0431. The Morgan fingerprint density at radius 3 is 2.75 bits per heavy atom. The van der Waals surface area contributed by atoms with Crippen molar-refractivity contribution in [3.8, 4) is 5.75 Å². The topological polar surface area (TPSA) is 67.0 Å². The van der Waals surface area contributed by atoms with E-state index >= 15 is 0 Å². The first-order valence-electron chi connectivity index (χ1n) is 6.25. The lowest BCUT2D eigenvalue weighted by molar-refractivity contribution is 0.102. The van der Waals surface area contributed by atoms with Gasteiger partial charge in [0.1, 0.15) is 5.75 Å². The van der Waals surface area contributed by atoms with E-state index in [4.69, 9.17) is 16.3 Å². The van der Waals surface area contributed by atoms with Crippen LogP contribution >= 0.6 is 11.6 Å². The van der Waals surface area contributed by atoms with Gasteiger partial charge in [0.25, 0.3) is 5.91 Å². The summed E-state index contributed by atoms with van der Waals surface area (Å²) >= 11 is 6.12. The zero-order valence-electron chi connectivity index (χ0n) is 11.5. The number of hydrogen-bond donors (Lipinski definition) is 2. The maximum Gasteiger partial charge on any atom is 0.259 e. The van der Waals surface area contributed by atoms with Gasteiger partial charge < -0.3 is 10.1 Å². The number of anilines is 1. The highest BCUT2D eigenvalue weighted by Crippen LogP contribution is 2.28. The van der Waals surface area contributed by atoms with Crippen molar-refractivity contribution >= 4 is 23.2 Å². The van der Waals surface area contributed by atoms with Crippen LogP contribution in [0.15, 0.2) is 24.4 Å². The summed E-state index contributed by atoms with van der Waals surface area (Å²) < 4.78 is 5.54. The average molecular weight is 294 g/mol. The lowest BCUT2D eigenvalue weighted by Crippen LogP contribution is -2.12. The van der Waals surface area contributed by atoms with Crippen LogP contribution in [-0.2, 0) is 0 Å². The molecule has 0 unspecified atom stereocenters. The third kappa shape index (κ3) is 3.30. The van der Waals surface area contributed by atoms with Crippen molar-refractivity contribution in [2.24, 2.45) is 0 Å². The first-order chi connectivity index (χ1) is 9.47. The lowest BCUT2D eigenvalue weighted by Gasteiger charge is -2.12. The monoisotopic (exact) mass is 293 g/mol. The van der Waals surface area contributed by atoms with Gasteiger partial charge in [-0.15, -0.1) is 0 Å². The summed E-state index contributed by atoms with van der Waals surface area (Å²) in [6.07, 6.45) is 1.53. The van der Waals surface area contributed by atoms with Crippen molar-refractivity contribution < 1.29 is 9.53 Å². The van der Waals surface area contributed by atoms with Crippen molar-refractivity contribution in [2.45, 2.75) is 26.9 Å². The Kier molecular flexibility index (Phi) is 4.29. The van der Waals surface area contributed by atoms with Crippen LogP contribution < -0.4 is 10.1 Å². The predicted octanol–water partition coefficient (Wildman–Crippen LogP) is 3.41. The molecule has 2 N–H and O–H groups in total. The van der Waals surface area contributed by atoms with Crippen molar-refractivity contribution in [3.63, 3.8) is 0 Å². The summed E-state index contributed by atoms with van der Waals surface area (Å²) in [4.78, 5) is 12.0. The van der Waals surface area contributed by atoms with Crippen molar-refractivity contribution in [1.29, 1.82) is 0 Å². The molecule has 0 aliphatic heterocycles. The molecule has 5 nitrogen and oxygen atoms in total. The van der Waals surface area contributed by atoms with E-state index in [2.05, 4.69) is 15.5 Å². The van der Waals surface area contributed by atoms with Crippen molar-refractivity contribution in [3.05, 3.63) is 40.7 Å². The third-order valence-electron chi connectivity index (χ3n) is 2.63. The number of aryl methyl sites for hydroxylation is 1. The lowest BCUT2D eigenvalue weighted by atomic mass is 10.2. The third-order valence-corrected chi connectivity index (χ3v) is 2.92. The van der Waals surface area contributed by atoms with E-state index in [0.717, 1.165) is 0 Å². The highest BCUT2D eigenvalue weighted by molar-refractivity contribution is 6.32. The summed E-state index contributed by atoms with van der Waals surface area (Å²) in [5.41, 5.74) is 1.83. The number of nitrogens with one attached hydrogen (secondary N) is 2. The normalized spacial score (nSPS) is 10.7. The summed E-state index contributed by atoms with van der Waals surface area (Å²) in [5.74, 6) is 0.365. The number of nitrogens with zero attached hydrogens (tertiary/aromatic N) is 1. The Labute approximate surface area is 122 Å². The number of ether oxygens (including phenoxy) is 1. The molecule has 1 amide bonds. The molecule has 0 fully saturated rings. The fourth-order valence-electron chi connectivity index (χ4n) is 1.71. The summed E-state index contributed by atoms with van der Waals surface area (Å²) in [6.45, 7) is 5.63. The average Bonchev–Trinajstić information content (AvgIpc) is 2.78. The molecule has 0 radical (unpaired) electrons. The first-order valence-corrected chi connectivity index (χ1v) is 6.62. The van der Waals surface area contributed by atoms with Crippen LogP contribution in [0.1, 0.15) is 29.9 Å². The number of benzene rings is 1. The molecule has 0 saturated heterocycles. The second-order valence-corrected chi connectivity index (χ2v) is 5.08. The van der Waals surface area contributed by atoms with Crippen LogP contribution in [0.3, 0.4) is 0 Å². The smallest absolute Gasteiger partial charge is 0.259 e. The Bertz CT molecular complexity index is 623. The van der Waals surface area contributed by atoms with E-state index in [1.54, 1.807) is 25.1 Å². The molecule has 2 rings (SSSR count). The maximum atomic E-state index is 12.0. The van der Waals surface area contributed by atoms with Gasteiger partial charge in [0, 0.05) is 11.4 Å². The minimum atomic E-state index is -0.232. The van der Waals surface area contributed by atoms with Gasteiger partial charge in [-0.3, -0.25) is 9.89 Å². The number of hydrogen-bond acceptors (Lipinski definition) is 3. The number of rotatable bonds is 4. The Morgan fingerprint density at radius 1 is 1.45 bits per heavy atom. The molecule has 1 aromatic carbocycles. The fraction of sp³-hybridized carbons (Fsp3) is 0.286. The van der Waals surface area contributed by atoms with Crippen LogP contribution in [0.25, 0.3) is 0 Å². The predicted molar refractivity (Wildman–Crippen MR) is 78.5 cm³/mol. The fourth-order valence-corrected chi connectivity index (χ4v) is 1.93. The molecule has 6 heteroatoms. The Morgan fingerprint density at radius 2 is 2.20 bits per heavy atom. The number of aromatic nitrogens is 2. The molecule has 20 heavy (non-hydrogen) atoms. The van der Waals surface area contributed by atoms with Gasteiger partial charge in [-0.2, -0.15) is 5.10 Å². The van der Waals surface area contributed by atoms with Crippen LogP contribution in [-0.4, -0.2) is 22.2 Å². The SMILES string of the molecule is Cc1[nH]ncc1C(=O)Nc1ccc(OC(C)C)c(Cl)c1.